The normalized spacial score (nSPS) is 45.7. The Morgan fingerprint density at radius 1 is 1.37 bits per heavy atom. The third-order valence-electron chi connectivity index (χ3n) is 6.27. The SMILES string of the molecule is C#CC12CCCC=C1C1(C)CCC(=O)C(C)[C@@H]1CC2. The maximum atomic E-state index is 12.0. The van der Waals surface area contributed by atoms with Crippen LogP contribution >= 0.6 is 0 Å². The first-order valence-electron chi connectivity index (χ1n) is 7.75. The van der Waals surface area contributed by atoms with Crippen LogP contribution in [-0.4, -0.2) is 5.78 Å². The van der Waals surface area contributed by atoms with Crippen molar-refractivity contribution in [3.05, 3.63) is 11.6 Å². The Bertz CT molecular complexity index is 480. The molecule has 3 aliphatic carbocycles. The molecule has 3 rings (SSSR count). The number of hydrogen-bond acceptors (Lipinski definition) is 1. The van der Waals surface area contributed by atoms with Gasteiger partial charge in [-0.05, 0) is 55.4 Å². The van der Waals surface area contributed by atoms with Crippen LogP contribution in [0.25, 0.3) is 0 Å². The maximum Gasteiger partial charge on any atom is 0.136 e. The van der Waals surface area contributed by atoms with Gasteiger partial charge < -0.3 is 0 Å². The maximum absolute atomic E-state index is 12.0. The van der Waals surface area contributed by atoms with Gasteiger partial charge in [0.1, 0.15) is 5.78 Å². The third kappa shape index (κ3) is 1.65. The van der Waals surface area contributed by atoms with Gasteiger partial charge in [-0.3, -0.25) is 4.79 Å². The third-order valence-corrected chi connectivity index (χ3v) is 6.27. The molecule has 0 aromatic carbocycles. The molecule has 1 heteroatoms. The molecule has 0 heterocycles. The van der Waals surface area contributed by atoms with Gasteiger partial charge >= 0.3 is 0 Å². The molecule has 0 saturated heterocycles. The summed E-state index contributed by atoms with van der Waals surface area (Å²) >= 11 is 0. The van der Waals surface area contributed by atoms with Crippen LogP contribution in [-0.2, 0) is 4.79 Å². The predicted molar refractivity (Wildman–Crippen MR) is 77.4 cm³/mol. The number of allylic oxidation sites excluding steroid dienone is 2. The van der Waals surface area contributed by atoms with E-state index in [1.807, 2.05) is 0 Å². The van der Waals surface area contributed by atoms with Gasteiger partial charge in [-0.1, -0.05) is 25.8 Å². The zero-order valence-corrected chi connectivity index (χ0v) is 12.2. The first-order chi connectivity index (χ1) is 9.03. The molecule has 4 atom stereocenters. The predicted octanol–water partition coefficient (Wildman–Crippen LogP) is 4.13. The summed E-state index contributed by atoms with van der Waals surface area (Å²) in [6.07, 6.45) is 15.9. The van der Waals surface area contributed by atoms with Crippen LogP contribution in [0.3, 0.4) is 0 Å². The van der Waals surface area contributed by atoms with Crippen molar-refractivity contribution in [2.75, 3.05) is 0 Å². The monoisotopic (exact) mass is 256 g/mol. The molecular weight excluding hydrogens is 232 g/mol. The van der Waals surface area contributed by atoms with E-state index in [1.165, 1.54) is 18.4 Å². The average molecular weight is 256 g/mol. The van der Waals surface area contributed by atoms with Crippen molar-refractivity contribution in [3.63, 3.8) is 0 Å². The summed E-state index contributed by atoms with van der Waals surface area (Å²) in [4.78, 5) is 12.0. The molecule has 0 aromatic heterocycles. The summed E-state index contributed by atoms with van der Waals surface area (Å²) in [7, 11) is 0. The Labute approximate surface area is 116 Å². The van der Waals surface area contributed by atoms with Crippen LogP contribution in [0.5, 0.6) is 0 Å². The number of rotatable bonds is 0. The molecule has 0 bridgehead atoms. The highest BCUT2D eigenvalue weighted by atomic mass is 16.1. The Balaban J connectivity index is 2.06. The van der Waals surface area contributed by atoms with Crippen LogP contribution in [0.15, 0.2) is 11.6 Å². The summed E-state index contributed by atoms with van der Waals surface area (Å²) in [6.45, 7) is 4.51. The molecule has 0 N–H and O–H groups in total. The molecule has 0 spiro atoms. The molecule has 102 valence electrons. The van der Waals surface area contributed by atoms with E-state index < -0.39 is 0 Å². The second kappa shape index (κ2) is 4.23. The van der Waals surface area contributed by atoms with E-state index >= 15 is 0 Å². The fraction of sp³-hybridized carbons (Fsp3) is 0.722. The van der Waals surface area contributed by atoms with Crippen LogP contribution in [0.4, 0.5) is 0 Å². The highest BCUT2D eigenvalue weighted by Crippen LogP contribution is 2.62. The van der Waals surface area contributed by atoms with Gasteiger partial charge in [-0.15, -0.1) is 6.42 Å². The number of fused-ring (bicyclic) bond motifs is 3. The number of carbonyl (C=O) groups excluding carboxylic acids is 1. The first kappa shape index (κ1) is 13.0. The van der Waals surface area contributed by atoms with Gasteiger partial charge in [0, 0.05) is 12.3 Å². The second-order valence-electron chi connectivity index (χ2n) is 7.05. The fourth-order valence-electron chi connectivity index (χ4n) is 5.12. The number of ketones is 1. The molecule has 0 aromatic rings. The minimum absolute atomic E-state index is 0.0175. The lowest BCUT2D eigenvalue weighted by Gasteiger charge is -2.56. The summed E-state index contributed by atoms with van der Waals surface area (Å²) < 4.78 is 0. The molecule has 0 aliphatic heterocycles. The van der Waals surface area contributed by atoms with Crippen molar-refractivity contribution >= 4 is 5.78 Å². The van der Waals surface area contributed by atoms with E-state index in [0.29, 0.717) is 11.7 Å². The zero-order valence-electron chi connectivity index (χ0n) is 12.2. The fourth-order valence-corrected chi connectivity index (χ4v) is 5.12. The van der Waals surface area contributed by atoms with E-state index in [9.17, 15) is 4.79 Å². The summed E-state index contributed by atoms with van der Waals surface area (Å²) in [5, 5.41) is 0. The lowest BCUT2D eigenvalue weighted by molar-refractivity contribution is -0.131. The van der Waals surface area contributed by atoms with Gasteiger partial charge in [0.2, 0.25) is 0 Å². The molecule has 3 unspecified atom stereocenters. The lowest BCUT2D eigenvalue weighted by Crippen LogP contribution is -2.50. The average Bonchev–Trinajstić information content (AvgIpc) is 2.43. The highest BCUT2D eigenvalue weighted by molar-refractivity contribution is 5.82. The lowest BCUT2D eigenvalue weighted by atomic mass is 9.47. The van der Waals surface area contributed by atoms with E-state index in [2.05, 4.69) is 25.8 Å². The number of carbonyl (C=O) groups is 1. The smallest absolute Gasteiger partial charge is 0.136 e. The van der Waals surface area contributed by atoms with Gasteiger partial charge in [0.25, 0.3) is 0 Å². The van der Waals surface area contributed by atoms with Crippen LogP contribution < -0.4 is 0 Å². The molecule has 0 radical (unpaired) electrons. The van der Waals surface area contributed by atoms with E-state index in [-0.39, 0.29) is 16.7 Å². The van der Waals surface area contributed by atoms with Crippen molar-refractivity contribution in [1.29, 1.82) is 0 Å². The standard InChI is InChI=1S/C18H24O/c1-4-18-10-6-5-7-16(18)17(3)11-9-15(19)13(2)14(17)8-12-18/h1,7,13-14H,5-6,8-12H2,2-3H3/t13?,14-,17?,18?/m0/s1. The van der Waals surface area contributed by atoms with E-state index in [1.54, 1.807) is 0 Å². The molecule has 19 heavy (non-hydrogen) atoms. The van der Waals surface area contributed by atoms with Crippen molar-refractivity contribution < 1.29 is 4.79 Å². The molecule has 0 amide bonds. The van der Waals surface area contributed by atoms with E-state index in [4.69, 9.17) is 6.42 Å². The number of hydrogen-bond donors (Lipinski definition) is 0. The minimum atomic E-state index is 0.0175. The van der Waals surface area contributed by atoms with Gasteiger partial charge in [-0.2, -0.15) is 0 Å². The Kier molecular flexibility index (Phi) is 2.89. The molecular formula is C18H24O. The van der Waals surface area contributed by atoms with Gasteiger partial charge in [0.05, 0.1) is 5.41 Å². The van der Waals surface area contributed by atoms with Crippen LogP contribution in [0, 0.1) is 35.0 Å². The molecule has 2 saturated carbocycles. The topological polar surface area (TPSA) is 17.1 Å². The number of Topliss-reactive ketones (excluding diaryl/α,β-unsaturated/α-hetero) is 1. The minimum Gasteiger partial charge on any atom is -0.299 e. The summed E-state index contributed by atoms with van der Waals surface area (Å²) in [6, 6.07) is 0. The van der Waals surface area contributed by atoms with Crippen LogP contribution in [0.2, 0.25) is 0 Å². The van der Waals surface area contributed by atoms with Crippen molar-refractivity contribution in [2.45, 2.75) is 58.8 Å². The Hall–Kier alpha value is -1.03. The summed E-state index contributed by atoms with van der Waals surface area (Å²) in [5.74, 6) is 4.35. The number of terminal acetylenes is 1. The molecule has 3 aliphatic rings. The van der Waals surface area contributed by atoms with Crippen molar-refractivity contribution in [1.82, 2.24) is 0 Å². The highest BCUT2D eigenvalue weighted by Gasteiger charge is 2.55. The molecule has 2 fully saturated rings. The zero-order chi connectivity index (χ0) is 13.7. The Morgan fingerprint density at radius 2 is 2.16 bits per heavy atom. The summed E-state index contributed by atoms with van der Waals surface area (Å²) in [5.41, 5.74) is 1.71. The van der Waals surface area contributed by atoms with Crippen molar-refractivity contribution in [3.8, 4) is 12.3 Å². The quantitative estimate of drug-likeness (QED) is 0.470. The first-order valence-corrected chi connectivity index (χ1v) is 7.75. The molecule has 1 nitrogen and oxygen atoms in total. The second-order valence-corrected chi connectivity index (χ2v) is 7.05. The van der Waals surface area contributed by atoms with E-state index in [0.717, 1.165) is 32.1 Å². The van der Waals surface area contributed by atoms with Gasteiger partial charge in [0.15, 0.2) is 0 Å². The van der Waals surface area contributed by atoms with Crippen molar-refractivity contribution in [2.24, 2.45) is 22.7 Å². The Morgan fingerprint density at radius 3 is 2.89 bits per heavy atom. The van der Waals surface area contributed by atoms with Gasteiger partial charge in [-0.25, -0.2) is 0 Å². The van der Waals surface area contributed by atoms with Crippen LogP contribution in [0.1, 0.15) is 58.8 Å². The largest absolute Gasteiger partial charge is 0.299 e.